The van der Waals surface area contributed by atoms with Gasteiger partial charge in [-0.3, -0.25) is 4.79 Å². The lowest BCUT2D eigenvalue weighted by Gasteiger charge is -2.30. The number of rotatable bonds is 4. The third kappa shape index (κ3) is 2.64. The zero-order chi connectivity index (χ0) is 13.0. The first-order valence-electron chi connectivity index (χ1n) is 6.03. The third-order valence-corrected chi connectivity index (χ3v) is 2.75. The second kappa shape index (κ2) is 5.58. The molecule has 0 fully saturated rings. The van der Waals surface area contributed by atoms with E-state index in [0.29, 0.717) is 18.0 Å². The van der Waals surface area contributed by atoms with Gasteiger partial charge in [0, 0.05) is 6.54 Å². The topological polar surface area (TPSA) is 47.6 Å². The largest absolute Gasteiger partial charge is 0.482 e. The van der Waals surface area contributed by atoms with E-state index in [9.17, 15) is 4.79 Å². The summed E-state index contributed by atoms with van der Waals surface area (Å²) in [5, 5.41) is 2.80. The number of para-hydroxylation sites is 2. The highest BCUT2D eigenvalue weighted by atomic mass is 16.6. The van der Waals surface area contributed by atoms with Crippen LogP contribution in [0.2, 0.25) is 0 Å². The molecule has 1 amide bonds. The van der Waals surface area contributed by atoms with Crippen LogP contribution in [0.15, 0.2) is 36.9 Å². The van der Waals surface area contributed by atoms with Gasteiger partial charge in [0.25, 0.3) is 5.91 Å². The van der Waals surface area contributed by atoms with Crippen molar-refractivity contribution in [1.82, 2.24) is 5.32 Å². The molecule has 1 aliphatic rings. The average Bonchev–Trinajstić information content (AvgIpc) is 2.38. The number of carbonyl (C=O) groups excluding carboxylic acids is 1. The molecule has 1 heterocycles. The lowest BCUT2D eigenvalue weighted by atomic mass is 10.1. The Labute approximate surface area is 107 Å². The van der Waals surface area contributed by atoms with Gasteiger partial charge in [-0.2, -0.15) is 0 Å². The van der Waals surface area contributed by atoms with E-state index in [-0.39, 0.29) is 12.0 Å². The smallest absolute Gasteiger partial charge is 0.265 e. The summed E-state index contributed by atoms with van der Waals surface area (Å²) in [5.74, 6) is 1.14. The molecule has 0 radical (unpaired) electrons. The number of carbonyl (C=O) groups is 1. The molecular formula is C14H17NO3. The standard InChI is InChI=1S/C14H17NO3/c1-3-4-9-15-14(16)13-10(2)17-11-7-5-6-8-12(11)18-13/h3,5-8,10,13H,1,4,9H2,2H3,(H,15,16). The fourth-order valence-electron chi connectivity index (χ4n) is 1.80. The minimum Gasteiger partial charge on any atom is -0.482 e. The monoisotopic (exact) mass is 247 g/mol. The highest BCUT2D eigenvalue weighted by Gasteiger charge is 2.33. The van der Waals surface area contributed by atoms with Crippen molar-refractivity contribution in [2.75, 3.05) is 6.54 Å². The van der Waals surface area contributed by atoms with Gasteiger partial charge in [0.15, 0.2) is 11.5 Å². The summed E-state index contributed by atoms with van der Waals surface area (Å²) in [5.41, 5.74) is 0. The fraction of sp³-hybridized carbons (Fsp3) is 0.357. The molecule has 0 aromatic heterocycles. The van der Waals surface area contributed by atoms with E-state index >= 15 is 0 Å². The zero-order valence-electron chi connectivity index (χ0n) is 10.4. The van der Waals surface area contributed by atoms with Crippen LogP contribution in [0.3, 0.4) is 0 Å². The maximum atomic E-state index is 11.9. The third-order valence-electron chi connectivity index (χ3n) is 2.75. The molecular weight excluding hydrogens is 230 g/mol. The lowest BCUT2D eigenvalue weighted by Crippen LogP contribution is -2.49. The molecule has 1 aliphatic heterocycles. The summed E-state index contributed by atoms with van der Waals surface area (Å²) in [7, 11) is 0. The normalized spacial score (nSPS) is 21.2. The van der Waals surface area contributed by atoms with Crippen LogP contribution in [0, 0.1) is 0 Å². The number of hydrogen-bond acceptors (Lipinski definition) is 3. The minimum absolute atomic E-state index is 0.154. The van der Waals surface area contributed by atoms with Gasteiger partial charge in [0.2, 0.25) is 6.10 Å². The maximum Gasteiger partial charge on any atom is 0.265 e. The first-order chi connectivity index (χ1) is 8.72. The van der Waals surface area contributed by atoms with E-state index in [4.69, 9.17) is 9.47 Å². The van der Waals surface area contributed by atoms with Crippen LogP contribution in [0.4, 0.5) is 0 Å². The molecule has 0 saturated heterocycles. The fourth-order valence-corrected chi connectivity index (χ4v) is 1.80. The highest BCUT2D eigenvalue weighted by Crippen LogP contribution is 2.33. The molecule has 1 N–H and O–H groups in total. The minimum atomic E-state index is -0.607. The predicted molar refractivity (Wildman–Crippen MR) is 68.8 cm³/mol. The molecule has 18 heavy (non-hydrogen) atoms. The highest BCUT2D eigenvalue weighted by molar-refractivity contribution is 5.82. The number of hydrogen-bond donors (Lipinski definition) is 1. The number of ether oxygens (including phenoxy) is 2. The summed E-state index contributed by atoms with van der Waals surface area (Å²) >= 11 is 0. The zero-order valence-corrected chi connectivity index (χ0v) is 10.4. The van der Waals surface area contributed by atoms with E-state index < -0.39 is 6.10 Å². The number of fused-ring (bicyclic) bond motifs is 1. The van der Waals surface area contributed by atoms with Crippen molar-refractivity contribution in [2.45, 2.75) is 25.6 Å². The van der Waals surface area contributed by atoms with E-state index in [1.165, 1.54) is 0 Å². The SMILES string of the molecule is C=CCCNC(=O)C1Oc2ccccc2OC1C. The van der Waals surface area contributed by atoms with E-state index in [0.717, 1.165) is 6.42 Å². The van der Waals surface area contributed by atoms with Gasteiger partial charge in [-0.05, 0) is 25.5 Å². The van der Waals surface area contributed by atoms with Crippen LogP contribution in [0.5, 0.6) is 11.5 Å². The van der Waals surface area contributed by atoms with Crippen LogP contribution >= 0.6 is 0 Å². The van der Waals surface area contributed by atoms with Gasteiger partial charge in [-0.1, -0.05) is 18.2 Å². The average molecular weight is 247 g/mol. The first-order valence-corrected chi connectivity index (χ1v) is 6.03. The van der Waals surface area contributed by atoms with Crippen molar-refractivity contribution in [1.29, 1.82) is 0 Å². The van der Waals surface area contributed by atoms with Gasteiger partial charge in [0.05, 0.1) is 0 Å². The van der Waals surface area contributed by atoms with Crippen molar-refractivity contribution < 1.29 is 14.3 Å². The van der Waals surface area contributed by atoms with Gasteiger partial charge >= 0.3 is 0 Å². The van der Waals surface area contributed by atoms with Crippen molar-refractivity contribution in [3.63, 3.8) is 0 Å². The molecule has 4 heteroatoms. The number of amides is 1. The second-order valence-electron chi connectivity index (χ2n) is 4.18. The Bertz CT molecular complexity index is 444. The van der Waals surface area contributed by atoms with Crippen molar-refractivity contribution in [3.8, 4) is 11.5 Å². The van der Waals surface area contributed by atoms with Crippen LogP contribution < -0.4 is 14.8 Å². The Morgan fingerprint density at radius 2 is 2.06 bits per heavy atom. The Hall–Kier alpha value is -1.97. The maximum absolute atomic E-state index is 11.9. The first kappa shape index (κ1) is 12.5. The Morgan fingerprint density at radius 3 is 2.72 bits per heavy atom. The summed E-state index contributed by atoms with van der Waals surface area (Å²) in [6.07, 6.45) is 1.59. The quantitative estimate of drug-likeness (QED) is 0.653. The molecule has 96 valence electrons. The molecule has 0 aliphatic carbocycles. The van der Waals surface area contributed by atoms with Crippen molar-refractivity contribution in [3.05, 3.63) is 36.9 Å². The van der Waals surface area contributed by atoms with Gasteiger partial charge in [0.1, 0.15) is 6.10 Å². The van der Waals surface area contributed by atoms with Crippen LogP contribution in [-0.4, -0.2) is 24.7 Å². The summed E-state index contributed by atoms with van der Waals surface area (Å²) in [6, 6.07) is 7.35. The van der Waals surface area contributed by atoms with Crippen molar-refractivity contribution >= 4 is 5.91 Å². The Balaban J connectivity index is 2.02. The predicted octanol–water partition coefficient (Wildman–Crippen LogP) is 1.91. The van der Waals surface area contributed by atoms with Gasteiger partial charge in [-0.25, -0.2) is 0 Å². The molecule has 2 rings (SSSR count). The lowest BCUT2D eigenvalue weighted by molar-refractivity contribution is -0.133. The molecule has 1 aromatic carbocycles. The summed E-state index contributed by atoms with van der Waals surface area (Å²) < 4.78 is 11.3. The Kier molecular flexibility index (Phi) is 3.87. The molecule has 2 atom stereocenters. The second-order valence-corrected chi connectivity index (χ2v) is 4.18. The molecule has 0 bridgehead atoms. The molecule has 4 nitrogen and oxygen atoms in total. The molecule has 0 saturated carbocycles. The molecule has 2 unspecified atom stereocenters. The Morgan fingerprint density at radius 1 is 1.39 bits per heavy atom. The molecule has 0 spiro atoms. The van der Waals surface area contributed by atoms with E-state index in [1.54, 1.807) is 12.1 Å². The summed E-state index contributed by atoms with van der Waals surface area (Å²) in [6.45, 7) is 6.00. The molecule has 1 aromatic rings. The van der Waals surface area contributed by atoms with Gasteiger partial charge in [-0.15, -0.1) is 6.58 Å². The van der Waals surface area contributed by atoms with Crippen LogP contribution in [0.1, 0.15) is 13.3 Å². The summed E-state index contributed by atoms with van der Waals surface area (Å²) in [4.78, 5) is 11.9. The van der Waals surface area contributed by atoms with Crippen molar-refractivity contribution in [2.24, 2.45) is 0 Å². The van der Waals surface area contributed by atoms with E-state index in [1.807, 2.05) is 25.1 Å². The number of benzene rings is 1. The van der Waals surface area contributed by atoms with Crippen LogP contribution in [0.25, 0.3) is 0 Å². The number of nitrogens with one attached hydrogen (secondary N) is 1. The van der Waals surface area contributed by atoms with Gasteiger partial charge < -0.3 is 14.8 Å². The van der Waals surface area contributed by atoms with E-state index in [2.05, 4.69) is 11.9 Å². The van der Waals surface area contributed by atoms with Crippen LogP contribution in [-0.2, 0) is 4.79 Å².